The van der Waals surface area contributed by atoms with Gasteiger partial charge in [0.25, 0.3) is 5.91 Å². The van der Waals surface area contributed by atoms with Gasteiger partial charge in [-0.05, 0) is 24.6 Å². The van der Waals surface area contributed by atoms with Crippen LogP contribution in [0.2, 0.25) is 10.0 Å². The van der Waals surface area contributed by atoms with Crippen molar-refractivity contribution in [3.05, 3.63) is 52.1 Å². The molecule has 25 heavy (non-hydrogen) atoms. The topological polar surface area (TPSA) is 80.9 Å². The third-order valence-electron chi connectivity index (χ3n) is 3.80. The largest absolute Gasteiger partial charge is 0.396 e. The summed E-state index contributed by atoms with van der Waals surface area (Å²) >= 11 is 12.4. The Bertz CT molecular complexity index is 959. The van der Waals surface area contributed by atoms with Crippen LogP contribution in [0.1, 0.15) is 23.8 Å². The standard InChI is InChI=1S/C18H16Cl2N4O/c1-2-8-22-18(25)17-15(21)12-5-3-4-11(16(12)23-24-17)13-9-10(19)6-7-14(13)20/h3-7,9H,2,8H2,1H3,(H2,21,23)(H,22,25). The number of nitrogens with zero attached hydrogens (tertiary/aromatic N) is 2. The average Bonchev–Trinajstić information content (AvgIpc) is 2.62. The quantitative estimate of drug-likeness (QED) is 0.712. The van der Waals surface area contributed by atoms with E-state index in [1.807, 2.05) is 19.1 Å². The Balaban J connectivity index is 2.16. The lowest BCUT2D eigenvalue weighted by Gasteiger charge is -2.11. The number of anilines is 1. The molecule has 3 rings (SSSR count). The smallest absolute Gasteiger partial charge is 0.273 e. The van der Waals surface area contributed by atoms with Gasteiger partial charge >= 0.3 is 0 Å². The SMILES string of the molecule is CCCNC(=O)c1nnc2c(-c3cc(Cl)ccc3Cl)cccc2c1N. The monoisotopic (exact) mass is 374 g/mol. The second kappa shape index (κ2) is 7.25. The van der Waals surface area contributed by atoms with Crippen LogP contribution in [0.3, 0.4) is 0 Å². The maximum atomic E-state index is 12.2. The summed E-state index contributed by atoms with van der Waals surface area (Å²) in [6.45, 7) is 2.52. The maximum absolute atomic E-state index is 12.2. The molecule has 0 spiro atoms. The van der Waals surface area contributed by atoms with Gasteiger partial charge in [-0.2, -0.15) is 0 Å². The number of carbonyl (C=O) groups excluding carboxylic acids is 1. The molecule has 0 fully saturated rings. The van der Waals surface area contributed by atoms with Gasteiger partial charge < -0.3 is 11.1 Å². The van der Waals surface area contributed by atoms with Gasteiger partial charge in [0, 0.05) is 33.1 Å². The van der Waals surface area contributed by atoms with E-state index in [-0.39, 0.29) is 11.6 Å². The predicted molar refractivity (Wildman–Crippen MR) is 102 cm³/mol. The summed E-state index contributed by atoms with van der Waals surface area (Å²) in [6.07, 6.45) is 0.823. The van der Waals surface area contributed by atoms with E-state index in [0.29, 0.717) is 33.2 Å². The molecule has 1 amide bonds. The molecule has 5 nitrogen and oxygen atoms in total. The molecule has 1 heterocycles. The second-order valence-corrected chi connectivity index (χ2v) is 6.39. The number of halogens is 2. The van der Waals surface area contributed by atoms with Crippen LogP contribution in [0.4, 0.5) is 5.69 Å². The summed E-state index contributed by atoms with van der Waals surface area (Å²) in [5, 5.41) is 12.8. The maximum Gasteiger partial charge on any atom is 0.273 e. The minimum atomic E-state index is -0.333. The summed E-state index contributed by atoms with van der Waals surface area (Å²) in [7, 11) is 0. The van der Waals surface area contributed by atoms with Crippen LogP contribution in [0.15, 0.2) is 36.4 Å². The predicted octanol–water partition coefficient (Wildman–Crippen LogP) is 4.33. The van der Waals surface area contributed by atoms with Crippen LogP contribution < -0.4 is 11.1 Å². The van der Waals surface area contributed by atoms with Crippen molar-refractivity contribution in [3.8, 4) is 11.1 Å². The van der Waals surface area contributed by atoms with Gasteiger partial charge in [0.1, 0.15) is 5.52 Å². The van der Waals surface area contributed by atoms with Crippen molar-refractivity contribution in [1.29, 1.82) is 0 Å². The van der Waals surface area contributed by atoms with Crippen molar-refractivity contribution in [2.45, 2.75) is 13.3 Å². The van der Waals surface area contributed by atoms with Crippen LogP contribution in [0.25, 0.3) is 22.0 Å². The molecule has 2 aromatic carbocycles. The zero-order valence-corrected chi connectivity index (χ0v) is 15.0. The van der Waals surface area contributed by atoms with Gasteiger partial charge in [-0.1, -0.05) is 48.3 Å². The highest BCUT2D eigenvalue weighted by atomic mass is 35.5. The molecule has 0 aliphatic rings. The number of hydrogen-bond donors (Lipinski definition) is 2. The molecule has 0 saturated heterocycles. The number of amides is 1. The fourth-order valence-electron chi connectivity index (χ4n) is 2.56. The normalized spacial score (nSPS) is 10.8. The van der Waals surface area contributed by atoms with E-state index in [1.54, 1.807) is 24.3 Å². The number of nitrogens with one attached hydrogen (secondary N) is 1. The first kappa shape index (κ1) is 17.5. The number of hydrogen-bond acceptors (Lipinski definition) is 4. The molecular weight excluding hydrogens is 359 g/mol. The van der Waals surface area contributed by atoms with Crippen LogP contribution in [0, 0.1) is 0 Å². The molecular formula is C18H16Cl2N4O. The second-order valence-electron chi connectivity index (χ2n) is 5.54. The zero-order chi connectivity index (χ0) is 18.0. The molecule has 0 aliphatic carbocycles. The molecule has 3 aromatic rings. The fourth-order valence-corrected chi connectivity index (χ4v) is 2.95. The Kier molecular flexibility index (Phi) is 5.06. The molecule has 1 aromatic heterocycles. The Labute approximate surface area is 155 Å². The van der Waals surface area contributed by atoms with Gasteiger partial charge in [-0.25, -0.2) is 0 Å². The number of nitrogens with two attached hydrogens (primary N) is 1. The van der Waals surface area contributed by atoms with E-state index in [9.17, 15) is 4.79 Å². The van der Waals surface area contributed by atoms with Gasteiger partial charge in [0.2, 0.25) is 0 Å². The first-order valence-corrected chi connectivity index (χ1v) is 8.57. The molecule has 0 atom stereocenters. The Morgan fingerprint density at radius 2 is 1.96 bits per heavy atom. The lowest BCUT2D eigenvalue weighted by atomic mass is 10.0. The summed E-state index contributed by atoms with van der Waals surface area (Å²) < 4.78 is 0. The van der Waals surface area contributed by atoms with Crippen LogP contribution in [-0.2, 0) is 0 Å². The minimum absolute atomic E-state index is 0.121. The first-order valence-electron chi connectivity index (χ1n) is 7.81. The first-order chi connectivity index (χ1) is 12.0. The van der Waals surface area contributed by atoms with Crippen LogP contribution in [-0.4, -0.2) is 22.6 Å². The number of nitrogen functional groups attached to an aromatic ring is 1. The van der Waals surface area contributed by atoms with Crippen molar-refractivity contribution >= 4 is 45.7 Å². The summed E-state index contributed by atoms with van der Waals surface area (Å²) in [4.78, 5) is 12.2. The van der Waals surface area contributed by atoms with Crippen molar-refractivity contribution < 1.29 is 4.79 Å². The van der Waals surface area contributed by atoms with E-state index in [2.05, 4.69) is 15.5 Å². The number of aromatic nitrogens is 2. The molecule has 3 N–H and O–H groups in total. The average molecular weight is 375 g/mol. The third kappa shape index (κ3) is 3.38. The van der Waals surface area contributed by atoms with Crippen molar-refractivity contribution in [2.24, 2.45) is 0 Å². The van der Waals surface area contributed by atoms with E-state index < -0.39 is 0 Å². The molecule has 0 radical (unpaired) electrons. The summed E-state index contributed by atoms with van der Waals surface area (Å²) in [6, 6.07) is 10.7. The highest BCUT2D eigenvalue weighted by Gasteiger charge is 2.17. The van der Waals surface area contributed by atoms with Crippen LogP contribution in [0.5, 0.6) is 0 Å². The number of benzene rings is 2. The highest BCUT2D eigenvalue weighted by molar-refractivity contribution is 6.35. The number of fused-ring (bicyclic) bond motifs is 1. The van der Waals surface area contributed by atoms with Crippen molar-refractivity contribution in [3.63, 3.8) is 0 Å². The van der Waals surface area contributed by atoms with E-state index in [0.717, 1.165) is 17.5 Å². The fraction of sp³-hybridized carbons (Fsp3) is 0.167. The van der Waals surface area contributed by atoms with Gasteiger partial charge in [-0.15, -0.1) is 10.2 Å². The van der Waals surface area contributed by atoms with Crippen LogP contribution >= 0.6 is 23.2 Å². The number of rotatable bonds is 4. The van der Waals surface area contributed by atoms with Crippen molar-refractivity contribution in [1.82, 2.24) is 15.5 Å². The third-order valence-corrected chi connectivity index (χ3v) is 4.37. The highest BCUT2D eigenvalue weighted by Crippen LogP contribution is 2.35. The Morgan fingerprint density at radius 1 is 1.16 bits per heavy atom. The Hall–Kier alpha value is -2.37. The summed E-state index contributed by atoms with van der Waals surface area (Å²) in [5.74, 6) is -0.333. The van der Waals surface area contributed by atoms with Gasteiger partial charge in [0.15, 0.2) is 5.69 Å². The lowest BCUT2D eigenvalue weighted by Crippen LogP contribution is -2.26. The molecule has 0 saturated carbocycles. The molecule has 0 aliphatic heterocycles. The lowest BCUT2D eigenvalue weighted by molar-refractivity contribution is 0.0949. The molecule has 128 valence electrons. The van der Waals surface area contributed by atoms with Gasteiger partial charge in [0.05, 0.1) is 5.69 Å². The molecule has 0 bridgehead atoms. The van der Waals surface area contributed by atoms with E-state index in [1.165, 1.54) is 0 Å². The van der Waals surface area contributed by atoms with Gasteiger partial charge in [-0.3, -0.25) is 4.79 Å². The Morgan fingerprint density at radius 3 is 2.72 bits per heavy atom. The van der Waals surface area contributed by atoms with E-state index in [4.69, 9.17) is 28.9 Å². The zero-order valence-electron chi connectivity index (χ0n) is 13.5. The molecule has 0 unspecified atom stereocenters. The van der Waals surface area contributed by atoms with Crippen molar-refractivity contribution in [2.75, 3.05) is 12.3 Å². The minimum Gasteiger partial charge on any atom is -0.396 e. The van der Waals surface area contributed by atoms with E-state index >= 15 is 0 Å². The summed E-state index contributed by atoms with van der Waals surface area (Å²) in [5.41, 5.74) is 8.65. The number of carbonyl (C=O) groups is 1. The molecule has 7 heteroatoms.